The minimum absolute atomic E-state index is 1.11. The number of hydrogen-bond acceptors (Lipinski definition) is 0. The lowest BCUT2D eigenvalue weighted by Gasteiger charge is -2.42. The van der Waals surface area contributed by atoms with Gasteiger partial charge >= 0.3 is 0 Å². The van der Waals surface area contributed by atoms with Crippen molar-refractivity contribution in [2.24, 2.45) is 0 Å². The third-order valence-corrected chi connectivity index (χ3v) is 21.7. The van der Waals surface area contributed by atoms with E-state index in [0.717, 1.165) is 22.4 Å². The second-order valence-electron chi connectivity index (χ2n) is 17.7. The van der Waals surface area contributed by atoms with Crippen LogP contribution in [0.4, 0.5) is 0 Å². The van der Waals surface area contributed by atoms with Crippen LogP contribution in [0.15, 0.2) is 330 Å². The van der Waals surface area contributed by atoms with E-state index in [0.29, 0.717) is 0 Å². The lowest BCUT2D eigenvalue weighted by atomic mass is 10.1. The Balaban J connectivity index is 0.00000144. The Bertz CT molecular complexity index is 3550. The molecule has 0 aliphatic heterocycles. The van der Waals surface area contributed by atoms with Crippen LogP contribution in [-0.2, 0) is 0 Å². The van der Waals surface area contributed by atoms with Crippen LogP contribution < -0.4 is 0 Å². The maximum atomic E-state index is 2.54. The van der Waals surface area contributed by atoms with E-state index in [2.05, 4.69) is 300 Å². The first-order valence-corrected chi connectivity index (χ1v) is 29.2. The molecule has 2 heterocycles. The molecule has 0 N–H and O–H groups in total. The standard InChI is InChI=1S/C66H48N2S2.2C2H6/c1-7-26-51(27-8-1)69(52-28-9-2-10-29-52,53-30-11-3-12-31-53)57-42-44-65-61(47-57)62-48-58(70(54-32-13-4-14-33-54,55-34-15-5-16-35-55)56-36-17-6-18-37-56)43-45-66(62)68(65)50-25-23-24-49(46-50)67-63-40-21-19-38-59(63)60-39-20-22-41-64(60)67;2*1-2/h1-48H;2*1-2H3. The van der Waals surface area contributed by atoms with Gasteiger partial charge in [0.2, 0.25) is 0 Å². The molecule has 0 atom stereocenters. The first kappa shape index (κ1) is 48.0. The summed E-state index contributed by atoms with van der Waals surface area (Å²) in [6.45, 7) is 8.00. The predicted octanol–water partition coefficient (Wildman–Crippen LogP) is 20.6. The molecule has 0 aliphatic carbocycles. The van der Waals surface area contributed by atoms with E-state index in [1.165, 1.54) is 71.7 Å². The minimum Gasteiger partial charge on any atom is -0.309 e. The average Bonchev–Trinajstić information content (AvgIpc) is 4.01. The molecule has 0 radical (unpaired) electrons. The van der Waals surface area contributed by atoms with Crippen molar-refractivity contribution in [3.05, 3.63) is 291 Å². The summed E-state index contributed by atoms with van der Waals surface area (Å²) in [5, 5.41) is 4.95. The van der Waals surface area contributed by atoms with E-state index in [-0.39, 0.29) is 0 Å². The van der Waals surface area contributed by atoms with Gasteiger partial charge in [0.05, 0.1) is 22.1 Å². The molecular formula is C70H60N2S2. The Hall–Kier alpha value is -8.28. The van der Waals surface area contributed by atoms with E-state index in [4.69, 9.17) is 0 Å². The van der Waals surface area contributed by atoms with Gasteiger partial charge in [-0.25, -0.2) is 0 Å². The first-order valence-electron chi connectivity index (χ1n) is 25.9. The fourth-order valence-corrected chi connectivity index (χ4v) is 18.8. The molecule has 0 spiro atoms. The van der Waals surface area contributed by atoms with E-state index in [1.807, 2.05) is 27.7 Å². The molecule has 2 nitrogen and oxygen atoms in total. The van der Waals surface area contributed by atoms with Gasteiger partial charge in [0, 0.05) is 72.1 Å². The number of benzene rings is 11. The van der Waals surface area contributed by atoms with Crippen LogP contribution >= 0.6 is 20.1 Å². The van der Waals surface area contributed by atoms with Crippen molar-refractivity contribution in [1.29, 1.82) is 0 Å². The summed E-state index contributed by atoms with van der Waals surface area (Å²) in [5.41, 5.74) is 6.96. The Morgan fingerprint density at radius 1 is 0.203 bits per heavy atom. The summed E-state index contributed by atoms with van der Waals surface area (Å²) in [5.74, 6) is 0. The van der Waals surface area contributed by atoms with Crippen LogP contribution in [0.5, 0.6) is 0 Å². The SMILES string of the molecule is CC.CC.c1ccc(S(c2ccccc2)(c2ccccc2)c2ccc3c(c2)c2cc(S(c4ccccc4)(c4ccccc4)c4ccccc4)ccc2n3-c2cccc(-n3c4ccccc4c4ccccc43)c2)cc1. The fourth-order valence-electron chi connectivity index (χ4n) is 11.0. The van der Waals surface area contributed by atoms with E-state index >= 15 is 0 Å². The summed E-state index contributed by atoms with van der Waals surface area (Å²) in [6.07, 6.45) is 0. The molecule has 0 bridgehead atoms. The zero-order valence-corrected chi connectivity index (χ0v) is 44.1. The largest absolute Gasteiger partial charge is 0.309 e. The minimum atomic E-state index is -1.98. The molecule has 74 heavy (non-hydrogen) atoms. The molecule has 0 saturated carbocycles. The van der Waals surface area contributed by atoms with Crippen LogP contribution in [0.3, 0.4) is 0 Å². The summed E-state index contributed by atoms with van der Waals surface area (Å²) in [6, 6.07) is 109. The Labute approximate surface area is 439 Å². The molecule has 0 fully saturated rings. The lowest BCUT2D eigenvalue weighted by Crippen LogP contribution is -2.05. The zero-order chi connectivity index (χ0) is 50.5. The summed E-state index contributed by atoms with van der Waals surface area (Å²) >= 11 is 0. The molecule has 13 aromatic rings. The quantitative estimate of drug-likeness (QED) is 0.129. The molecule has 4 heteroatoms. The molecule has 0 unspecified atom stereocenters. The third kappa shape index (κ3) is 7.94. The van der Waals surface area contributed by atoms with Crippen molar-refractivity contribution in [2.75, 3.05) is 0 Å². The smallest absolute Gasteiger partial charge is 0.0541 e. The van der Waals surface area contributed by atoms with Gasteiger partial charge in [-0.3, -0.25) is 0 Å². The topological polar surface area (TPSA) is 9.86 Å². The highest BCUT2D eigenvalue weighted by Crippen LogP contribution is 2.75. The number of nitrogens with zero attached hydrogens (tertiary/aromatic N) is 2. The lowest BCUT2D eigenvalue weighted by molar-refractivity contribution is 1.13. The Morgan fingerprint density at radius 3 is 0.757 bits per heavy atom. The average molecular weight is 993 g/mol. The van der Waals surface area contributed by atoms with Crippen LogP contribution in [-0.4, -0.2) is 9.13 Å². The first-order chi connectivity index (χ1) is 36.7. The van der Waals surface area contributed by atoms with Crippen molar-refractivity contribution in [2.45, 2.75) is 66.9 Å². The highest BCUT2D eigenvalue weighted by molar-refractivity contribution is 8.34. The number of hydrogen-bond donors (Lipinski definition) is 0. The van der Waals surface area contributed by atoms with E-state index in [1.54, 1.807) is 0 Å². The normalized spacial score (nSPS) is 11.9. The second kappa shape index (κ2) is 21.1. The Morgan fingerprint density at radius 2 is 0.459 bits per heavy atom. The molecule has 362 valence electrons. The van der Waals surface area contributed by atoms with Gasteiger partial charge in [-0.2, -0.15) is 0 Å². The van der Waals surface area contributed by atoms with Crippen LogP contribution in [0.1, 0.15) is 27.7 Å². The van der Waals surface area contributed by atoms with Crippen molar-refractivity contribution in [3.8, 4) is 11.4 Å². The van der Waals surface area contributed by atoms with Crippen molar-refractivity contribution in [1.82, 2.24) is 9.13 Å². The Kier molecular flexibility index (Phi) is 13.7. The van der Waals surface area contributed by atoms with Gasteiger partial charge in [0.1, 0.15) is 0 Å². The molecule has 0 amide bonds. The molecule has 13 rings (SSSR count). The van der Waals surface area contributed by atoms with Crippen molar-refractivity contribution >= 4 is 63.7 Å². The molecule has 11 aromatic carbocycles. The van der Waals surface area contributed by atoms with E-state index in [9.17, 15) is 0 Å². The van der Waals surface area contributed by atoms with Crippen molar-refractivity contribution in [3.63, 3.8) is 0 Å². The number of fused-ring (bicyclic) bond motifs is 6. The molecule has 0 saturated heterocycles. The second-order valence-corrected chi connectivity index (χ2v) is 23.9. The fraction of sp³-hybridized carbons (Fsp3) is 0.0571. The molecular weight excluding hydrogens is 933 g/mol. The van der Waals surface area contributed by atoms with Gasteiger partial charge < -0.3 is 9.13 Å². The van der Waals surface area contributed by atoms with Gasteiger partial charge in [0.25, 0.3) is 0 Å². The highest BCUT2D eigenvalue weighted by atomic mass is 32.3. The molecule has 0 aliphatic rings. The summed E-state index contributed by atoms with van der Waals surface area (Å²) < 4.78 is 4.93. The molecule has 2 aromatic heterocycles. The van der Waals surface area contributed by atoms with E-state index < -0.39 is 20.1 Å². The van der Waals surface area contributed by atoms with Crippen LogP contribution in [0.25, 0.3) is 55.0 Å². The third-order valence-electron chi connectivity index (χ3n) is 13.9. The van der Waals surface area contributed by atoms with Crippen LogP contribution in [0.2, 0.25) is 0 Å². The number of para-hydroxylation sites is 2. The van der Waals surface area contributed by atoms with Crippen molar-refractivity contribution < 1.29 is 0 Å². The van der Waals surface area contributed by atoms with Gasteiger partial charge in [-0.15, -0.1) is 20.1 Å². The summed E-state index contributed by atoms with van der Waals surface area (Å²) in [4.78, 5) is 10.4. The maximum absolute atomic E-state index is 2.54. The monoisotopic (exact) mass is 992 g/mol. The van der Waals surface area contributed by atoms with Gasteiger partial charge in [-0.1, -0.05) is 179 Å². The zero-order valence-electron chi connectivity index (χ0n) is 42.4. The summed E-state index contributed by atoms with van der Waals surface area (Å²) in [7, 11) is -3.96. The van der Waals surface area contributed by atoms with Gasteiger partial charge in [0.15, 0.2) is 0 Å². The number of rotatable bonds is 10. The predicted molar refractivity (Wildman–Crippen MR) is 318 cm³/mol. The van der Waals surface area contributed by atoms with Gasteiger partial charge in [-0.05, 0) is 140 Å². The van der Waals surface area contributed by atoms with Crippen LogP contribution in [0, 0.1) is 0 Å². The highest BCUT2D eigenvalue weighted by Gasteiger charge is 2.36. The maximum Gasteiger partial charge on any atom is 0.0541 e. The number of aromatic nitrogens is 2.